The number of carbonyl (C=O) groups is 3. The second-order valence-corrected chi connectivity index (χ2v) is 7.48. The molecule has 0 aliphatic rings. The van der Waals surface area contributed by atoms with Gasteiger partial charge in [0.05, 0.1) is 18.8 Å². The molecule has 0 saturated carbocycles. The standard InChI is InChI=1S/C29H26O7/c1-2-27(30)34-21-7-6-20-33-24-13-11-23(12-14-24)29(32)36-26-17-15-25(16-18-26)35-28(31)19-10-22-8-4-3-5-9-22/h2-5,8-19H,1,6-7,20-21H2. The predicted octanol–water partition coefficient (Wildman–Crippen LogP) is 5.41. The highest BCUT2D eigenvalue weighted by atomic mass is 16.5. The van der Waals surface area contributed by atoms with Gasteiger partial charge in [0.2, 0.25) is 0 Å². The molecule has 0 aliphatic heterocycles. The predicted molar refractivity (Wildman–Crippen MR) is 135 cm³/mol. The number of ether oxygens (including phenoxy) is 4. The number of carbonyl (C=O) groups excluding carboxylic acids is 3. The first-order valence-electron chi connectivity index (χ1n) is 11.3. The topological polar surface area (TPSA) is 88.1 Å². The minimum atomic E-state index is -0.527. The third kappa shape index (κ3) is 8.95. The van der Waals surface area contributed by atoms with Gasteiger partial charge >= 0.3 is 17.9 Å². The number of hydrogen-bond acceptors (Lipinski definition) is 7. The van der Waals surface area contributed by atoms with Crippen LogP contribution >= 0.6 is 0 Å². The smallest absolute Gasteiger partial charge is 0.343 e. The van der Waals surface area contributed by atoms with E-state index >= 15 is 0 Å². The van der Waals surface area contributed by atoms with Crippen molar-refractivity contribution >= 4 is 24.0 Å². The van der Waals surface area contributed by atoms with Crippen molar-refractivity contribution in [2.75, 3.05) is 13.2 Å². The third-order valence-corrected chi connectivity index (χ3v) is 4.77. The minimum absolute atomic E-state index is 0.313. The molecular weight excluding hydrogens is 460 g/mol. The van der Waals surface area contributed by atoms with E-state index in [1.165, 1.54) is 6.08 Å². The van der Waals surface area contributed by atoms with Gasteiger partial charge in [-0.3, -0.25) is 0 Å². The molecule has 184 valence electrons. The van der Waals surface area contributed by atoms with Gasteiger partial charge in [-0.15, -0.1) is 0 Å². The lowest BCUT2D eigenvalue weighted by atomic mass is 10.2. The molecule has 0 fully saturated rings. The fourth-order valence-corrected chi connectivity index (χ4v) is 2.93. The summed E-state index contributed by atoms with van der Waals surface area (Å²) in [5.74, 6) is -0.218. The molecule has 0 unspecified atom stereocenters. The highest BCUT2D eigenvalue weighted by Gasteiger charge is 2.10. The van der Waals surface area contributed by atoms with Gasteiger partial charge in [0, 0.05) is 12.2 Å². The largest absolute Gasteiger partial charge is 0.494 e. The second kappa shape index (κ2) is 13.9. The average molecular weight is 487 g/mol. The monoisotopic (exact) mass is 486 g/mol. The van der Waals surface area contributed by atoms with Crippen LogP contribution in [0.2, 0.25) is 0 Å². The molecule has 0 atom stereocenters. The molecule has 7 heteroatoms. The van der Waals surface area contributed by atoms with Crippen LogP contribution in [0.4, 0.5) is 0 Å². The highest BCUT2D eigenvalue weighted by molar-refractivity contribution is 5.91. The Morgan fingerprint density at radius 3 is 1.97 bits per heavy atom. The fourth-order valence-electron chi connectivity index (χ4n) is 2.93. The summed E-state index contributed by atoms with van der Waals surface area (Å²) in [6, 6.07) is 22.2. The Balaban J connectivity index is 1.41. The molecule has 3 aromatic rings. The Bertz CT molecular complexity index is 1180. The van der Waals surface area contributed by atoms with Gasteiger partial charge in [0.25, 0.3) is 0 Å². The Labute approximate surface area is 209 Å². The van der Waals surface area contributed by atoms with Gasteiger partial charge in [-0.1, -0.05) is 36.9 Å². The van der Waals surface area contributed by atoms with Gasteiger partial charge in [-0.2, -0.15) is 0 Å². The molecule has 0 aliphatic carbocycles. The quantitative estimate of drug-likeness (QED) is 0.146. The molecule has 0 amide bonds. The van der Waals surface area contributed by atoms with Crippen LogP contribution in [0.5, 0.6) is 17.2 Å². The molecule has 7 nitrogen and oxygen atoms in total. The summed E-state index contributed by atoms with van der Waals surface area (Å²) < 4.78 is 21.1. The summed E-state index contributed by atoms with van der Waals surface area (Å²) in [6.45, 7) is 4.10. The summed E-state index contributed by atoms with van der Waals surface area (Å²) in [4.78, 5) is 35.4. The van der Waals surface area contributed by atoms with Crippen molar-refractivity contribution in [1.29, 1.82) is 0 Å². The van der Waals surface area contributed by atoms with E-state index in [9.17, 15) is 14.4 Å². The molecule has 3 aromatic carbocycles. The second-order valence-electron chi connectivity index (χ2n) is 7.48. The van der Waals surface area contributed by atoms with Crippen LogP contribution in [0.1, 0.15) is 28.8 Å². The first-order valence-corrected chi connectivity index (χ1v) is 11.3. The maximum atomic E-state index is 12.4. The molecule has 0 radical (unpaired) electrons. The van der Waals surface area contributed by atoms with E-state index in [0.29, 0.717) is 48.9 Å². The zero-order valence-corrected chi connectivity index (χ0v) is 19.6. The number of esters is 3. The lowest BCUT2D eigenvalue weighted by Crippen LogP contribution is -2.09. The molecule has 0 N–H and O–H groups in total. The molecule has 36 heavy (non-hydrogen) atoms. The Morgan fingerprint density at radius 1 is 0.694 bits per heavy atom. The van der Waals surface area contributed by atoms with Crippen molar-refractivity contribution in [2.24, 2.45) is 0 Å². The molecule has 0 spiro atoms. The van der Waals surface area contributed by atoms with E-state index in [4.69, 9.17) is 18.9 Å². The molecule has 0 aromatic heterocycles. The van der Waals surface area contributed by atoms with E-state index in [2.05, 4.69) is 6.58 Å². The van der Waals surface area contributed by atoms with Gasteiger partial charge in [-0.05, 0) is 73.0 Å². The van der Waals surface area contributed by atoms with Gasteiger partial charge in [0.15, 0.2) is 0 Å². The zero-order valence-electron chi connectivity index (χ0n) is 19.6. The molecular formula is C29H26O7. The summed E-state index contributed by atoms with van der Waals surface area (Å²) in [7, 11) is 0. The summed E-state index contributed by atoms with van der Waals surface area (Å²) >= 11 is 0. The highest BCUT2D eigenvalue weighted by Crippen LogP contribution is 2.20. The minimum Gasteiger partial charge on any atom is -0.494 e. The van der Waals surface area contributed by atoms with Crippen LogP contribution in [-0.2, 0) is 14.3 Å². The van der Waals surface area contributed by atoms with Crippen molar-refractivity contribution in [3.8, 4) is 17.2 Å². The van der Waals surface area contributed by atoms with Crippen LogP contribution in [0.3, 0.4) is 0 Å². The van der Waals surface area contributed by atoms with Crippen LogP contribution in [0.15, 0.2) is 97.6 Å². The van der Waals surface area contributed by atoms with Crippen LogP contribution in [-0.4, -0.2) is 31.1 Å². The lowest BCUT2D eigenvalue weighted by molar-refractivity contribution is -0.137. The maximum Gasteiger partial charge on any atom is 0.343 e. The number of rotatable bonds is 12. The van der Waals surface area contributed by atoms with E-state index in [0.717, 1.165) is 11.6 Å². The summed E-state index contributed by atoms with van der Waals surface area (Å²) in [6.07, 6.45) is 5.52. The van der Waals surface area contributed by atoms with Crippen molar-refractivity contribution in [3.63, 3.8) is 0 Å². The lowest BCUT2D eigenvalue weighted by Gasteiger charge is -2.08. The van der Waals surface area contributed by atoms with E-state index < -0.39 is 17.9 Å². The van der Waals surface area contributed by atoms with Crippen LogP contribution in [0.25, 0.3) is 6.08 Å². The molecule has 0 heterocycles. The van der Waals surface area contributed by atoms with Gasteiger partial charge in [-0.25, -0.2) is 14.4 Å². The third-order valence-electron chi connectivity index (χ3n) is 4.77. The van der Waals surface area contributed by atoms with Crippen molar-refractivity contribution < 1.29 is 33.3 Å². The van der Waals surface area contributed by atoms with Crippen molar-refractivity contribution in [2.45, 2.75) is 12.8 Å². The summed E-state index contributed by atoms with van der Waals surface area (Å²) in [5, 5.41) is 0. The normalized spacial score (nSPS) is 10.4. The Kier molecular flexibility index (Phi) is 10.0. The first-order chi connectivity index (χ1) is 17.5. The zero-order chi connectivity index (χ0) is 25.6. The van der Waals surface area contributed by atoms with Gasteiger partial charge < -0.3 is 18.9 Å². The molecule has 3 rings (SSSR count). The van der Waals surface area contributed by atoms with Crippen LogP contribution < -0.4 is 14.2 Å². The molecule has 0 bridgehead atoms. The number of benzene rings is 3. The average Bonchev–Trinajstić information content (AvgIpc) is 2.91. The van der Waals surface area contributed by atoms with E-state index in [1.807, 2.05) is 30.3 Å². The Hall–Kier alpha value is -4.65. The van der Waals surface area contributed by atoms with E-state index in [1.54, 1.807) is 54.6 Å². The van der Waals surface area contributed by atoms with Gasteiger partial charge in [0.1, 0.15) is 17.2 Å². The Morgan fingerprint density at radius 2 is 1.31 bits per heavy atom. The van der Waals surface area contributed by atoms with E-state index in [-0.39, 0.29) is 0 Å². The molecule has 0 saturated heterocycles. The number of unbranched alkanes of at least 4 members (excludes halogenated alkanes) is 1. The first kappa shape index (κ1) is 26.0. The fraction of sp³-hybridized carbons (Fsp3) is 0.138. The van der Waals surface area contributed by atoms with Crippen LogP contribution in [0, 0.1) is 0 Å². The number of hydrogen-bond donors (Lipinski definition) is 0. The maximum absolute atomic E-state index is 12.4. The summed E-state index contributed by atoms with van der Waals surface area (Å²) in [5.41, 5.74) is 1.25. The van der Waals surface area contributed by atoms with Crippen molar-refractivity contribution in [1.82, 2.24) is 0 Å². The SMILES string of the molecule is C=CC(=O)OCCCCOc1ccc(C(=O)Oc2ccc(OC(=O)C=Cc3ccccc3)cc2)cc1. The van der Waals surface area contributed by atoms with Crippen molar-refractivity contribution in [3.05, 3.63) is 109 Å².